The van der Waals surface area contributed by atoms with Gasteiger partial charge < -0.3 is 5.32 Å². The van der Waals surface area contributed by atoms with E-state index >= 15 is 0 Å². The fourth-order valence-electron chi connectivity index (χ4n) is 1.70. The molecular formula is C15H19N3O2. The van der Waals surface area contributed by atoms with Crippen LogP contribution in [0.15, 0.2) is 23.3 Å². The van der Waals surface area contributed by atoms with Crippen LogP contribution in [0.25, 0.3) is 0 Å². The van der Waals surface area contributed by atoms with E-state index in [2.05, 4.69) is 15.8 Å². The minimum atomic E-state index is -0.722. The molecule has 1 aromatic rings. The smallest absolute Gasteiger partial charge is 0.329 e. The van der Waals surface area contributed by atoms with Gasteiger partial charge in [-0.2, -0.15) is 5.10 Å². The molecule has 0 radical (unpaired) electrons. The first-order valence-corrected chi connectivity index (χ1v) is 6.70. The first-order valence-electron chi connectivity index (χ1n) is 6.70. The van der Waals surface area contributed by atoms with Crippen LogP contribution in [-0.2, 0) is 9.59 Å². The number of nitrogens with zero attached hydrogens (tertiary/aromatic N) is 1. The van der Waals surface area contributed by atoms with Crippen LogP contribution in [0.5, 0.6) is 0 Å². The van der Waals surface area contributed by atoms with Crippen molar-refractivity contribution in [2.45, 2.75) is 39.7 Å². The Balaban J connectivity index is 1.96. The summed E-state index contributed by atoms with van der Waals surface area (Å²) in [7, 11) is 0. The lowest BCUT2D eigenvalue weighted by Gasteiger charge is -2.06. The lowest BCUT2D eigenvalue weighted by atomic mass is 10.0. The van der Waals surface area contributed by atoms with Crippen molar-refractivity contribution in [1.29, 1.82) is 0 Å². The number of amides is 2. The predicted molar refractivity (Wildman–Crippen MR) is 77.4 cm³/mol. The molecule has 1 fully saturated rings. The maximum absolute atomic E-state index is 11.5. The summed E-state index contributed by atoms with van der Waals surface area (Å²) in [6, 6.07) is 6.12. The molecule has 2 N–H and O–H groups in total. The first-order chi connectivity index (χ1) is 9.47. The lowest BCUT2D eigenvalue weighted by Crippen LogP contribution is -2.39. The molecule has 0 aliphatic heterocycles. The van der Waals surface area contributed by atoms with E-state index in [1.54, 1.807) is 6.92 Å². The predicted octanol–water partition coefficient (Wildman–Crippen LogP) is 1.42. The van der Waals surface area contributed by atoms with Crippen molar-refractivity contribution in [1.82, 2.24) is 10.7 Å². The van der Waals surface area contributed by atoms with Gasteiger partial charge in [-0.05, 0) is 56.4 Å². The molecule has 0 aromatic heterocycles. The van der Waals surface area contributed by atoms with Crippen molar-refractivity contribution in [3.63, 3.8) is 0 Å². The maximum atomic E-state index is 11.5. The van der Waals surface area contributed by atoms with Gasteiger partial charge in [0.05, 0.1) is 5.71 Å². The summed E-state index contributed by atoms with van der Waals surface area (Å²) >= 11 is 0. The van der Waals surface area contributed by atoms with Crippen LogP contribution in [0.2, 0.25) is 0 Å². The molecule has 1 aromatic carbocycles. The maximum Gasteiger partial charge on any atom is 0.329 e. The molecular weight excluding hydrogens is 254 g/mol. The molecule has 0 spiro atoms. The average molecular weight is 273 g/mol. The number of benzene rings is 1. The van der Waals surface area contributed by atoms with Gasteiger partial charge in [-0.1, -0.05) is 12.1 Å². The monoisotopic (exact) mass is 273 g/mol. The van der Waals surface area contributed by atoms with Gasteiger partial charge in [0.25, 0.3) is 0 Å². The number of hydrogen-bond donors (Lipinski definition) is 2. The molecule has 5 nitrogen and oxygen atoms in total. The number of nitrogens with one attached hydrogen (secondary N) is 2. The van der Waals surface area contributed by atoms with Gasteiger partial charge in [0, 0.05) is 6.04 Å². The number of rotatable bonds is 3. The van der Waals surface area contributed by atoms with Gasteiger partial charge in [0.15, 0.2) is 0 Å². The molecule has 1 saturated carbocycles. The number of hydrazone groups is 1. The van der Waals surface area contributed by atoms with Gasteiger partial charge in [0.2, 0.25) is 0 Å². The molecule has 106 valence electrons. The van der Waals surface area contributed by atoms with E-state index in [0.29, 0.717) is 5.71 Å². The second-order valence-electron chi connectivity index (χ2n) is 5.18. The zero-order chi connectivity index (χ0) is 14.7. The summed E-state index contributed by atoms with van der Waals surface area (Å²) in [5.74, 6) is -1.34. The quantitative estimate of drug-likeness (QED) is 0.497. The molecule has 1 aliphatic carbocycles. The van der Waals surface area contributed by atoms with Gasteiger partial charge in [-0.25, -0.2) is 5.43 Å². The Morgan fingerprint density at radius 2 is 1.85 bits per heavy atom. The van der Waals surface area contributed by atoms with E-state index in [-0.39, 0.29) is 6.04 Å². The molecule has 20 heavy (non-hydrogen) atoms. The highest BCUT2D eigenvalue weighted by molar-refractivity contribution is 6.35. The fourth-order valence-corrected chi connectivity index (χ4v) is 1.70. The number of carbonyl (C=O) groups is 2. The normalized spacial score (nSPS) is 14.8. The Kier molecular flexibility index (Phi) is 4.17. The van der Waals surface area contributed by atoms with Crippen molar-refractivity contribution in [2.75, 3.05) is 0 Å². The van der Waals surface area contributed by atoms with Crippen molar-refractivity contribution < 1.29 is 9.59 Å². The molecule has 2 rings (SSSR count). The summed E-state index contributed by atoms with van der Waals surface area (Å²) in [5, 5.41) is 6.58. The molecule has 2 amide bonds. The third-order valence-electron chi connectivity index (χ3n) is 3.37. The zero-order valence-corrected chi connectivity index (χ0v) is 12.0. The van der Waals surface area contributed by atoms with E-state index in [1.165, 1.54) is 5.56 Å². The summed E-state index contributed by atoms with van der Waals surface area (Å²) in [6.45, 7) is 5.85. The van der Waals surface area contributed by atoms with Crippen LogP contribution < -0.4 is 10.7 Å². The SMILES string of the molecule is C/C(=N/NC(=O)C(=O)NC1CC1)c1ccc(C)c(C)c1. The summed E-state index contributed by atoms with van der Waals surface area (Å²) in [4.78, 5) is 23.0. The van der Waals surface area contributed by atoms with Crippen LogP contribution in [0.3, 0.4) is 0 Å². The molecule has 1 aliphatic rings. The third-order valence-corrected chi connectivity index (χ3v) is 3.37. The van der Waals surface area contributed by atoms with Crippen LogP contribution in [0.4, 0.5) is 0 Å². The minimum Gasteiger partial charge on any atom is -0.345 e. The Labute approximate surface area is 118 Å². The Morgan fingerprint density at radius 3 is 2.45 bits per heavy atom. The Bertz CT molecular complexity index is 574. The zero-order valence-electron chi connectivity index (χ0n) is 12.0. The average Bonchev–Trinajstić information content (AvgIpc) is 3.22. The van der Waals surface area contributed by atoms with Crippen molar-refractivity contribution in [3.8, 4) is 0 Å². The second-order valence-corrected chi connectivity index (χ2v) is 5.18. The molecule has 0 saturated heterocycles. The Morgan fingerprint density at radius 1 is 1.15 bits per heavy atom. The Hall–Kier alpha value is -2.17. The largest absolute Gasteiger partial charge is 0.345 e. The molecule has 0 atom stereocenters. The van der Waals surface area contributed by atoms with Gasteiger partial charge in [-0.15, -0.1) is 0 Å². The van der Waals surface area contributed by atoms with Crippen LogP contribution in [0.1, 0.15) is 36.5 Å². The highest BCUT2D eigenvalue weighted by Crippen LogP contribution is 2.18. The van der Waals surface area contributed by atoms with E-state index in [1.807, 2.05) is 32.0 Å². The highest BCUT2D eigenvalue weighted by Gasteiger charge is 2.26. The van der Waals surface area contributed by atoms with Crippen molar-refractivity contribution in [3.05, 3.63) is 34.9 Å². The minimum absolute atomic E-state index is 0.165. The summed E-state index contributed by atoms with van der Waals surface area (Å²) < 4.78 is 0. The van der Waals surface area contributed by atoms with Crippen LogP contribution in [-0.4, -0.2) is 23.6 Å². The summed E-state index contributed by atoms with van der Waals surface area (Å²) in [5.41, 5.74) is 6.24. The molecule has 5 heteroatoms. The lowest BCUT2D eigenvalue weighted by molar-refractivity contribution is -0.139. The van der Waals surface area contributed by atoms with E-state index in [4.69, 9.17) is 0 Å². The standard InChI is InChI=1S/C15H19N3O2/c1-9-4-5-12(8-10(9)2)11(3)17-18-15(20)14(19)16-13-6-7-13/h4-5,8,13H,6-7H2,1-3H3,(H,16,19)(H,18,20)/b17-11-. The van der Waals surface area contributed by atoms with E-state index in [9.17, 15) is 9.59 Å². The third kappa shape index (κ3) is 3.66. The molecule has 0 bridgehead atoms. The van der Waals surface area contributed by atoms with Crippen LogP contribution in [0, 0.1) is 13.8 Å². The topological polar surface area (TPSA) is 70.6 Å². The first kappa shape index (κ1) is 14.2. The number of carbonyl (C=O) groups excluding carboxylic acids is 2. The summed E-state index contributed by atoms with van der Waals surface area (Å²) in [6.07, 6.45) is 1.90. The van der Waals surface area contributed by atoms with Gasteiger partial charge >= 0.3 is 11.8 Å². The number of aryl methyl sites for hydroxylation is 2. The van der Waals surface area contributed by atoms with E-state index < -0.39 is 11.8 Å². The molecule has 0 heterocycles. The van der Waals surface area contributed by atoms with Crippen LogP contribution >= 0.6 is 0 Å². The second kappa shape index (κ2) is 5.86. The van der Waals surface area contributed by atoms with Crippen molar-refractivity contribution in [2.24, 2.45) is 5.10 Å². The molecule has 0 unspecified atom stereocenters. The number of hydrogen-bond acceptors (Lipinski definition) is 3. The highest BCUT2D eigenvalue weighted by atomic mass is 16.2. The van der Waals surface area contributed by atoms with E-state index in [0.717, 1.165) is 24.0 Å². The van der Waals surface area contributed by atoms with Gasteiger partial charge in [-0.3, -0.25) is 9.59 Å². The fraction of sp³-hybridized carbons (Fsp3) is 0.400. The van der Waals surface area contributed by atoms with Gasteiger partial charge in [0.1, 0.15) is 0 Å². The van der Waals surface area contributed by atoms with Crippen molar-refractivity contribution >= 4 is 17.5 Å².